The molecule has 0 aromatic heterocycles. The second-order valence-electron chi connectivity index (χ2n) is 2.06. The van der Waals surface area contributed by atoms with Crippen molar-refractivity contribution in [1.82, 2.24) is 5.32 Å². The van der Waals surface area contributed by atoms with E-state index in [1.165, 1.54) is 0 Å². The Kier molecular flexibility index (Phi) is 8.08. The average molecular weight is 158 g/mol. The van der Waals surface area contributed by atoms with E-state index < -0.39 is 0 Å². The van der Waals surface area contributed by atoms with Crippen LogP contribution in [0.1, 0.15) is 19.3 Å². The van der Waals surface area contributed by atoms with Gasteiger partial charge in [0.05, 0.1) is 6.61 Å². The van der Waals surface area contributed by atoms with Gasteiger partial charge in [0, 0.05) is 6.54 Å². The van der Waals surface area contributed by atoms with E-state index >= 15 is 0 Å². The highest BCUT2D eigenvalue weighted by Crippen LogP contribution is 1.92. The summed E-state index contributed by atoms with van der Waals surface area (Å²) in [4.78, 5) is 19.3. The molecule has 0 aliphatic heterocycles. The first kappa shape index (κ1) is 9.94. The van der Waals surface area contributed by atoms with Crippen molar-refractivity contribution in [2.24, 2.45) is 0 Å². The summed E-state index contributed by atoms with van der Waals surface area (Å²) in [7, 11) is 0. The maximum atomic E-state index is 9.65. The fourth-order valence-electron chi connectivity index (χ4n) is 0.675. The number of rotatable bonds is 8. The molecule has 0 saturated carbocycles. The molecule has 0 aliphatic rings. The van der Waals surface area contributed by atoms with Gasteiger partial charge in [-0.3, -0.25) is 9.59 Å². The summed E-state index contributed by atoms with van der Waals surface area (Å²) in [5, 5.41) is 2.42. The summed E-state index contributed by atoms with van der Waals surface area (Å²) >= 11 is 0. The van der Waals surface area contributed by atoms with Gasteiger partial charge in [0.25, 0.3) is 6.47 Å². The van der Waals surface area contributed by atoms with Crippen molar-refractivity contribution in [2.45, 2.75) is 19.3 Å². The SMILES string of the molecule is O=[C]NCCCCCOC=O. The summed E-state index contributed by atoms with van der Waals surface area (Å²) in [6.45, 7) is 1.55. The van der Waals surface area contributed by atoms with Crippen LogP contribution in [0.3, 0.4) is 0 Å². The quantitative estimate of drug-likeness (QED) is 0.307. The molecule has 0 saturated heterocycles. The van der Waals surface area contributed by atoms with Crippen LogP contribution in [-0.4, -0.2) is 26.0 Å². The number of ether oxygens (including phenoxy) is 1. The van der Waals surface area contributed by atoms with Crippen LogP contribution in [0, 0.1) is 0 Å². The molecule has 1 N–H and O–H groups in total. The summed E-state index contributed by atoms with van der Waals surface area (Å²) in [5.74, 6) is 0. The van der Waals surface area contributed by atoms with E-state index in [0.717, 1.165) is 19.3 Å². The minimum absolute atomic E-state index is 0.442. The van der Waals surface area contributed by atoms with Gasteiger partial charge in [0.1, 0.15) is 0 Å². The third kappa shape index (κ3) is 8.94. The Hall–Kier alpha value is -1.06. The van der Waals surface area contributed by atoms with E-state index in [1.54, 1.807) is 6.41 Å². The van der Waals surface area contributed by atoms with Crippen LogP contribution in [0.15, 0.2) is 0 Å². The number of unbranched alkanes of at least 4 members (excludes halogenated alkanes) is 2. The van der Waals surface area contributed by atoms with Gasteiger partial charge in [-0.25, -0.2) is 0 Å². The zero-order valence-electron chi connectivity index (χ0n) is 6.34. The normalized spacial score (nSPS) is 8.73. The maximum absolute atomic E-state index is 9.65. The standard InChI is InChI=1S/C7H12NO3/c9-6-8-4-2-1-3-5-11-7-10/h7H,1-5H2,(H,8,9). The van der Waals surface area contributed by atoms with Gasteiger partial charge in [-0.1, -0.05) is 0 Å². The summed E-state index contributed by atoms with van der Waals surface area (Å²) < 4.78 is 4.46. The second kappa shape index (κ2) is 8.94. The highest BCUT2D eigenvalue weighted by molar-refractivity contribution is 5.46. The van der Waals surface area contributed by atoms with E-state index in [4.69, 9.17) is 0 Å². The minimum Gasteiger partial charge on any atom is -0.468 e. The molecular formula is C7H12NO3. The van der Waals surface area contributed by atoms with Crippen LogP contribution in [-0.2, 0) is 14.3 Å². The molecule has 4 heteroatoms. The van der Waals surface area contributed by atoms with E-state index in [-0.39, 0.29) is 0 Å². The third-order valence-corrected chi connectivity index (χ3v) is 1.20. The van der Waals surface area contributed by atoms with Crippen molar-refractivity contribution in [1.29, 1.82) is 0 Å². The smallest absolute Gasteiger partial charge is 0.309 e. The molecule has 0 heterocycles. The van der Waals surface area contributed by atoms with Crippen LogP contribution in [0.4, 0.5) is 0 Å². The molecule has 0 fully saturated rings. The van der Waals surface area contributed by atoms with Gasteiger partial charge in [-0.05, 0) is 19.3 Å². The average Bonchev–Trinajstić information content (AvgIpc) is 2.03. The Bertz CT molecular complexity index is 93.9. The highest BCUT2D eigenvalue weighted by Gasteiger charge is 1.88. The van der Waals surface area contributed by atoms with Crippen molar-refractivity contribution >= 4 is 12.9 Å². The second-order valence-corrected chi connectivity index (χ2v) is 2.06. The van der Waals surface area contributed by atoms with Crippen molar-refractivity contribution in [3.8, 4) is 0 Å². The molecule has 1 radical (unpaired) electrons. The molecule has 0 aromatic carbocycles. The predicted octanol–water partition coefficient (Wildman–Crippen LogP) is -0.0135. The molecule has 0 bridgehead atoms. The summed E-state index contributed by atoms with van der Waals surface area (Å²) in [5.41, 5.74) is 0. The molecule has 0 atom stereocenters. The van der Waals surface area contributed by atoms with E-state index in [2.05, 4.69) is 10.1 Å². The van der Waals surface area contributed by atoms with Gasteiger partial charge in [-0.15, -0.1) is 0 Å². The lowest BCUT2D eigenvalue weighted by Crippen LogP contribution is -2.11. The maximum Gasteiger partial charge on any atom is 0.309 e. The van der Waals surface area contributed by atoms with Crippen molar-refractivity contribution < 1.29 is 14.3 Å². The molecule has 0 rings (SSSR count). The lowest BCUT2D eigenvalue weighted by Gasteiger charge is -1.98. The Labute approximate surface area is 65.9 Å². The molecule has 0 aliphatic carbocycles. The molecule has 63 valence electrons. The molecule has 0 aromatic rings. The minimum atomic E-state index is 0.442. The zero-order valence-corrected chi connectivity index (χ0v) is 6.34. The Balaban J connectivity index is 2.79. The van der Waals surface area contributed by atoms with Crippen LogP contribution in [0.25, 0.3) is 0 Å². The van der Waals surface area contributed by atoms with Gasteiger partial charge >= 0.3 is 6.41 Å². The summed E-state index contributed by atoms with van der Waals surface area (Å²) in [6, 6.07) is 0. The van der Waals surface area contributed by atoms with Gasteiger partial charge < -0.3 is 10.1 Å². The Morgan fingerprint density at radius 3 is 2.82 bits per heavy atom. The molecule has 4 nitrogen and oxygen atoms in total. The molecule has 1 amide bonds. The lowest BCUT2D eigenvalue weighted by atomic mass is 10.2. The number of hydrogen-bond donors (Lipinski definition) is 1. The zero-order chi connectivity index (χ0) is 8.36. The van der Waals surface area contributed by atoms with Crippen molar-refractivity contribution in [2.75, 3.05) is 13.2 Å². The van der Waals surface area contributed by atoms with E-state index in [0.29, 0.717) is 19.6 Å². The van der Waals surface area contributed by atoms with Gasteiger partial charge in [0.15, 0.2) is 0 Å². The number of carbonyl (C=O) groups is 1. The van der Waals surface area contributed by atoms with Crippen LogP contribution < -0.4 is 5.32 Å². The van der Waals surface area contributed by atoms with Crippen LogP contribution in [0.2, 0.25) is 0 Å². The number of hydrogen-bond acceptors (Lipinski definition) is 3. The van der Waals surface area contributed by atoms with E-state index in [1.807, 2.05) is 0 Å². The van der Waals surface area contributed by atoms with Crippen LogP contribution >= 0.6 is 0 Å². The fraction of sp³-hybridized carbons (Fsp3) is 0.714. The highest BCUT2D eigenvalue weighted by atomic mass is 16.5. The molecule has 0 spiro atoms. The third-order valence-electron chi connectivity index (χ3n) is 1.20. The van der Waals surface area contributed by atoms with Gasteiger partial charge in [-0.2, -0.15) is 0 Å². The monoisotopic (exact) mass is 158 g/mol. The topological polar surface area (TPSA) is 55.4 Å². The van der Waals surface area contributed by atoms with Gasteiger partial charge in [0.2, 0.25) is 0 Å². The number of carbonyl (C=O) groups excluding carboxylic acids is 2. The van der Waals surface area contributed by atoms with E-state index in [9.17, 15) is 9.59 Å². The Morgan fingerprint density at radius 2 is 2.18 bits per heavy atom. The van der Waals surface area contributed by atoms with Crippen molar-refractivity contribution in [3.63, 3.8) is 0 Å². The fourth-order valence-corrected chi connectivity index (χ4v) is 0.675. The molecule has 0 unspecified atom stereocenters. The molecular weight excluding hydrogens is 146 g/mol. The van der Waals surface area contributed by atoms with Crippen LogP contribution in [0.5, 0.6) is 0 Å². The first-order valence-electron chi connectivity index (χ1n) is 3.57. The predicted molar refractivity (Wildman–Crippen MR) is 39.6 cm³/mol. The lowest BCUT2D eigenvalue weighted by molar-refractivity contribution is -0.128. The first-order valence-corrected chi connectivity index (χ1v) is 3.57. The number of amides is 1. The van der Waals surface area contributed by atoms with Crippen molar-refractivity contribution in [3.05, 3.63) is 0 Å². The first-order chi connectivity index (χ1) is 5.41. The summed E-state index contributed by atoms with van der Waals surface area (Å²) in [6.07, 6.45) is 4.28. The number of nitrogens with one attached hydrogen (secondary N) is 1. The largest absolute Gasteiger partial charge is 0.468 e. The Morgan fingerprint density at radius 1 is 1.36 bits per heavy atom. The molecule has 11 heavy (non-hydrogen) atoms.